The van der Waals surface area contributed by atoms with Crippen molar-refractivity contribution >= 4 is 11.6 Å². The van der Waals surface area contributed by atoms with E-state index in [9.17, 15) is 0 Å². The van der Waals surface area contributed by atoms with Crippen LogP contribution >= 0.6 is 11.6 Å². The van der Waals surface area contributed by atoms with E-state index in [1.807, 2.05) is 37.4 Å². The molecule has 0 aliphatic heterocycles. The lowest BCUT2D eigenvalue weighted by atomic mass is 10.2. The Balaban J connectivity index is 2.01. The first-order valence-corrected chi connectivity index (χ1v) is 6.12. The van der Waals surface area contributed by atoms with Crippen molar-refractivity contribution < 1.29 is 4.74 Å². The summed E-state index contributed by atoms with van der Waals surface area (Å²) in [5.41, 5.74) is 2.21. The van der Waals surface area contributed by atoms with Crippen LogP contribution in [0, 0.1) is 0 Å². The van der Waals surface area contributed by atoms with Crippen LogP contribution in [-0.2, 0) is 13.2 Å². The van der Waals surface area contributed by atoms with Crippen molar-refractivity contribution in [1.29, 1.82) is 0 Å². The van der Waals surface area contributed by atoms with Crippen molar-refractivity contribution in [3.05, 3.63) is 58.9 Å². The SMILES string of the molecule is CNCc1ccc(OCc2ccncc2)c(Cl)c1. The summed E-state index contributed by atoms with van der Waals surface area (Å²) in [5.74, 6) is 0.702. The second-order valence-electron chi connectivity index (χ2n) is 3.94. The number of nitrogens with one attached hydrogen (secondary N) is 1. The maximum Gasteiger partial charge on any atom is 0.138 e. The second-order valence-corrected chi connectivity index (χ2v) is 4.35. The third-order valence-corrected chi connectivity index (χ3v) is 2.82. The van der Waals surface area contributed by atoms with Crippen molar-refractivity contribution in [1.82, 2.24) is 10.3 Å². The number of ether oxygens (including phenoxy) is 1. The molecule has 1 aromatic heterocycles. The van der Waals surface area contributed by atoms with Gasteiger partial charge >= 0.3 is 0 Å². The first kappa shape index (κ1) is 12.9. The lowest BCUT2D eigenvalue weighted by molar-refractivity contribution is 0.306. The van der Waals surface area contributed by atoms with E-state index in [1.54, 1.807) is 12.4 Å². The molecule has 0 unspecified atom stereocenters. The summed E-state index contributed by atoms with van der Waals surface area (Å²) >= 11 is 6.17. The molecule has 0 fully saturated rings. The van der Waals surface area contributed by atoms with Gasteiger partial charge in [0, 0.05) is 18.9 Å². The van der Waals surface area contributed by atoms with Gasteiger partial charge in [-0.25, -0.2) is 0 Å². The quantitative estimate of drug-likeness (QED) is 0.899. The molecule has 0 bridgehead atoms. The molecule has 0 spiro atoms. The first-order chi connectivity index (χ1) is 8.79. The summed E-state index contributed by atoms with van der Waals surface area (Å²) in [6, 6.07) is 9.66. The van der Waals surface area contributed by atoms with Crippen molar-refractivity contribution in [2.24, 2.45) is 0 Å². The van der Waals surface area contributed by atoms with E-state index in [0.717, 1.165) is 17.7 Å². The van der Waals surface area contributed by atoms with Crippen LogP contribution in [0.5, 0.6) is 5.75 Å². The topological polar surface area (TPSA) is 34.1 Å². The fourth-order valence-electron chi connectivity index (χ4n) is 1.62. The molecular weight excluding hydrogens is 248 g/mol. The first-order valence-electron chi connectivity index (χ1n) is 5.74. The second kappa shape index (κ2) is 6.38. The fraction of sp³-hybridized carbons (Fsp3) is 0.214. The van der Waals surface area contributed by atoms with Gasteiger partial charge in [0.15, 0.2) is 0 Å². The highest BCUT2D eigenvalue weighted by molar-refractivity contribution is 6.32. The minimum atomic E-state index is 0.494. The van der Waals surface area contributed by atoms with Gasteiger partial charge in [-0.3, -0.25) is 4.98 Å². The minimum absolute atomic E-state index is 0.494. The Morgan fingerprint density at radius 1 is 1.17 bits per heavy atom. The van der Waals surface area contributed by atoms with Gasteiger partial charge in [-0.15, -0.1) is 0 Å². The summed E-state index contributed by atoms with van der Waals surface area (Å²) < 4.78 is 5.68. The molecule has 0 aliphatic carbocycles. The summed E-state index contributed by atoms with van der Waals surface area (Å²) in [4.78, 5) is 3.96. The van der Waals surface area contributed by atoms with Gasteiger partial charge in [-0.05, 0) is 42.4 Å². The molecule has 0 aliphatic rings. The standard InChI is InChI=1S/C14H15ClN2O/c1-16-9-12-2-3-14(13(15)8-12)18-10-11-4-6-17-7-5-11/h2-8,16H,9-10H2,1H3. The number of nitrogens with zero attached hydrogens (tertiary/aromatic N) is 1. The van der Waals surface area contributed by atoms with E-state index in [4.69, 9.17) is 16.3 Å². The van der Waals surface area contributed by atoms with E-state index >= 15 is 0 Å². The van der Waals surface area contributed by atoms with E-state index in [2.05, 4.69) is 10.3 Å². The third kappa shape index (κ3) is 3.45. The molecule has 2 aromatic rings. The highest BCUT2D eigenvalue weighted by atomic mass is 35.5. The van der Waals surface area contributed by atoms with Crippen LogP contribution in [0.2, 0.25) is 5.02 Å². The number of hydrogen-bond donors (Lipinski definition) is 1. The predicted molar refractivity (Wildman–Crippen MR) is 72.8 cm³/mol. The minimum Gasteiger partial charge on any atom is -0.487 e. The summed E-state index contributed by atoms with van der Waals surface area (Å²) in [6.07, 6.45) is 3.49. The highest BCUT2D eigenvalue weighted by Crippen LogP contribution is 2.26. The number of halogens is 1. The normalized spacial score (nSPS) is 10.3. The smallest absolute Gasteiger partial charge is 0.138 e. The van der Waals surface area contributed by atoms with E-state index < -0.39 is 0 Å². The monoisotopic (exact) mass is 262 g/mol. The number of benzene rings is 1. The molecule has 18 heavy (non-hydrogen) atoms. The van der Waals surface area contributed by atoms with Crippen molar-refractivity contribution in [2.45, 2.75) is 13.2 Å². The Morgan fingerprint density at radius 3 is 2.61 bits per heavy atom. The predicted octanol–water partition coefficient (Wildman–Crippen LogP) is 3.03. The molecule has 1 heterocycles. The summed E-state index contributed by atoms with van der Waals surface area (Å²) in [5, 5.41) is 3.72. The van der Waals surface area contributed by atoms with Crippen LogP contribution in [0.4, 0.5) is 0 Å². The molecule has 1 N–H and O–H groups in total. The van der Waals surface area contributed by atoms with E-state index in [1.165, 1.54) is 0 Å². The Morgan fingerprint density at radius 2 is 1.94 bits per heavy atom. The van der Waals surface area contributed by atoms with Gasteiger partial charge in [-0.1, -0.05) is 17.7 Å². The van der Waals surface area contributed by atoms with Gasteiger partial charge in [0.25, 0.3) is 0 Å². The lowest BCUT2D eigenvalue weighted by Crippen LogP contribution is -2.05. The zero-order valence-corrected chi connectivity index (χ0v) is 10.9. The van der Waals surface area contributed by atoms with Gasteiger partial charge in [-0.2, -0.15) is 0 Å². The van der Waals surface area contributed by atoms with Crippen LogP contribution in [0.3, 0.4) is 0 Å². The number of rotatable bonds is 5. The molecule has 2 rings (SSSR count). The van der Waals surface area contributed by atoms with E-state index in [0.29, 0.717) is 17.4 Å². The Hall–Kier alpha value is -1.58. The molecule has 0 atom stereocenters. The average molecular weight is 263 g/mol. The fourth-order valence-corrected chi connectivity index (χ4v) is 1.87. The molecule has 0 amide bonds. The summed E-state index contributed by atoms with van der Waals surface area (Å²) in [6.45, 7) is 1.29. The molecule has 3 nitrogen and oxygen atoms in total. The average Bonchev–Trinajstić information content (AvgIpc) is 2.39. The molecule has 0 saturated carbocycles. The van der Waals surface area contributed by atoms with E-state index in [-0.39, 0.29) is 0 Å². The van der Waals surface area contributed by atoms with Gasteiger partial charge in [0.1, 0.15) is 12.4 Å². The van der Waals surface area contributed by atoms with Crippen molar-refractivity contribution in [3.8, 4) is 5.75 Å². The molecule has 0 radical (unpaired) electrons. The van der Waals surface area contributed by atoms with Crippen molar-refractivity contribution in [2.75, 3.05) is 7.05 Å². The lowest BCUT2D eigenvalue weighted by Gasteiger charge is -2.09. The van der Waals surface area contributed by atoms with Crippen LogP contribution in [0.25, 0.3) is 0 Å². The van der Waals surface area contributed by atoms with Crippen LogP contribution in [0.15, 0.2) is 42.7 Å². The van der Waals surface area contributed by atoms with Gasteiger partial charge in [0.05, 0.1) is 5.02 Å². The van der Waals surface area contributed by atoms with Crippen LogP contribution < -0.4 is 10.1 Å². The third-order valence-electron chi connectivity index (χ3n) is 2.52. The van der Waals surface area contributed by atoms with Crippen molar-refractivity contribution in [3.63, 3.8) is 0 Å². The zero-order chi connectivity index (χ0) is 12.8. The molecular formula is C14H15ClN2O. The summed E-state index contributed by atoms with van der Waals surface area (Å²) in [7, 11) is 1.90. The Kier molecular flexibility index (Phi) is 4.56. The molecule has 0 saturated heterocycles. The highest BCUT2D eigenvalue weighted by Gasteiger charge is 2.03. The van der Waals surface area contributed by atoms with Gasteiger partial charge < -0.3 is 10.1 Å². The number of aromatic nitrogens is 1. The zero-order valence-electron chi connectivity index (χ0n) is 10.2. The Labute approximate surface area is 112 Å². The maximum atomic E-state index is 6.17. The maximum absolute atomic E-state index is 6.17. The molecule has 4 heteroatoms. The van der Waals surface area contributed by atoms with Crippen LogP contribution in [0.1, 0.15) is 11.1 Å². The largest absolute Gasteiger partial charge is 0.487 e. The number of pyridine rings is 1. The number of hydrogen-bond acceptors (Lipinski definition) is 3. The van der Waals surface area contributed by atoms with Crippen LogP contribution in [-0.4, -0.2) is 12.0 Å². The Bertz CT molecular complexity index is 502. The van der Waals surface area contributed by atoms with Gasteiger partial charge in [0.2, 0.25) is 0 Å². The molecule has 94 valence electrons. The molecule has 1 aromatic carbocycles.